The van der Waals surface area contributed by atoms with Crippen LogP contribution in [0.3, 0.4) is 0 Å². The van der Waals surface area contributed by atoms with Gasteiger partial charge in [0.25, 0.3) is 0 Å². The summed E-state index contributed by atoms with van der Waals surface area (Å²) in [7, 11) is -2.29. The lowest BCUT2D eigenvalue weighted by molar-refractivity contribution is -0.154. The smallest absolute Gasteiger partial charge is 0.312 e. The quantitative estimate of drug-likeness (QED) is 0.915. The van der Waals surface area contributed by atoms with Crippen LogP contribution in [0.2, 0.25) is 5.02 Å². The molecule has 0 amide bonds. The Morgan fingerprint density at radius 1 is 1.43 bits per heavy atom. The fourth-order valence-electron chi connectivity index (χ4n) is 2.86. The third-order valence-corrected chi connectivity index (χ3v) is 6.84. The summed E-state index contributed by atoms with van der Waals surface area (Å²) >= 11 is 5.96. The van der Waals surface area contributed by atoms with E-state index in [-0.39, 0.29) is 22.8 Å². The molecule has 1 aromatic carbocycles. The van der Waals surface area contributed by atoms with Crippen molar-refractivity contribution in [2.45, 2.75) is 36.0 Å². The topological polar surface area (TPSA) is 80.7 Å². The molecule has 21 heavy (non-hydrogen) atoms. The molecule has 1 saturated carbocycles. The van der Waals surface area contributed by atoms with E-state index in [9.17, 15) is 18.3 Å². The van der Waals surface area contributed by atoms with Crippen LogP contribution in [0.4, 0.5) is 0 Å². The molecule has 0 saturated heterocycles. The molecule has 0 aliphatic heterocycles. The highest BCUT2D eigenvalue weighted by Crippen LogP contribution is 2.45. The molecule has 5 nitrogen and oxygen atoms in total. The van der Waals surface area contributed by atoms with Crippen molar-refractivity contribution in [2.24, 2.45) is 5.41 Å². The minimum Gasteiger partial charge on any atom is -0.481 e. The molecule has 1 fully saturated rings. The van der Waals surface area contributed by atoms with Crippen molar-refractivity contribution in [3.8, 4) is 0 Å². The van der Waals surface area contributed by atoms with Crippen LogP contribution in [-0.4, -0.2) is 38.0 Å². The zero-order chi connectivity index (χ0) is 15.8. The second kappa shape index (κ2) is 5.59. The summed E-state index contributed by atoms with van der Waals surface area (Å²) in [5, 5.41) is 8.71. The van der Waals surface area contributed by atoms with Crippen LogP contribution in [0.1, 0.15) is 19.8 Å². The van der Waals surface area contributed by atoms with E-state index in [4.69, 9.17) is 16.3 Å². The number of halogens is 1. The second-order valence-corrected chi connectivity index (χ2v) is 8.09. The van der Waals surface area contributed by atoms with Crippen molar-refractivity contribution in [2.75, 3.05) is 7.11 Å². The van der Waals surface area contributed by atoms with Gasteiger partial charge in [-0.15, -0.1) is 0 Å². The lowest BCUT2D eigenvalue weighted by atomic mass is 9.87. The van der Waals surface area contributed by atoms with E-state index in [1.54, 1.807) is 12.1 Å². The average Bonchev–Trinajstić information content (AvgIpc) is 2.78. The molecule has 3 atom stereocenters. The lowest BCUT2D eigenvalue weighted by Gasteiger charge is -2.25. The molecule has 7 heteroatoms. The van der Waals surface area contributed by atoms with Crippen molar-refractivity contribution >= 4 is 27.4 Å². The first-order valence-corrected chi connectivity index (χ1v) is 8.40. The number of hydrogen-bond donors (Lipinski definition) is 1. The number of methoxy groups -OCH3 is 1. The molecule has 1 aliphatic carbocycles. The van der Waals surface area contributed by atoms with Crippen molar-refractivity contribution in [1.29, 1.82) is 0 Å². The van der Waals surface area contributed by atoms with Crippen molar-refractivity contribution in [3.05, 3.63) is 29.3 Å². The van der Waals surface area contributed by atoms with Crippen LogP contribution in [0, 0.1) is 5.41 Å². The minimum absolute atomic E-state index is 0.00833. The van der Waals surface area contributed by atoms with Gasteiger partial charge in [0.2, 0.25) is 0 Å². The summed E-state index contributed by atoms with van der Waals surface area (Å²) in [6, 6.07) is 6.19. The first-order chi connectivity index (χ1) is 9.73. The van der Waals surface area contributed by atoms with Gasteiger partial charge < -0.3 is 9.84 Å². The molecule has 1 N–H and O–H groups in total. The Labute approximate surface area is 128 Å². The number of carboxylic acid groups (broad SMARTS) is 1. The molecule has 0 bridgehead atoms. The van der Waals surface area contributed by atoms with Crippen LogP contribution in [0.15, 0.2) is 29.2 Å². The highest BCUT2D eigenvalue weighted by atomic mass is 35.5. The van der Waals surface area contributed by atoms with E-state index in [0.29, 0.717) is 0 Å². The Kier molecular flexibility index (Phi) is 4.33. The molecule has 0 aromatic heterocycles. The zero-order valence-electron chi connectivity index (χ0n) is 11.7. The zero-order valence-corrected chi connectivity index (χ0v) is 13.3. The Hall–Kier alpha value is -1.11. The van der Waals surface area contributed by atoms with Gasteiger partial charge in [-0.2, -0.15) is 0 Å². The van der Waals surface area contributed by atoms with Crippen LogP contribution in [0.25, 0.3) is 0 Å². The number of hydrogen-bond acceptors (Lipinski definition) is 4. The number of aliphatic carboxylic acids is 1. The number of sulfone groups is 1. The summed E-state index contributed by atoms with van der Waals surface area (Å²) in [5.74, 6) is -1.05. The molecule has 1 aliphatic rings. The molecule has 0 spiro atoms. The number of carboxylic acids is 1. The van der Waals surface area contributed by atoms with Crippen molar-refractivity contribution in [1.82, 2.24) is 0 Å². The maximum Gasteiger partial charge on any atom is 0.312 e. The Balaban J connectivity index is 2.40. The molecule has 116 valence electrons. The number of rotatable bonds is 4. The standard InChI is InChI=1S/C14H17ClO5S/c1-14(13(16)17)8-9(7-12(14)20-2)21(18,19)11-6-4-3-5-10(11)15/h3-6,9,12H,7-8H2,1-2H3,(H,16,17)/t9-,12-,14-/m1/s1. The molecule has 2 rings (SSSR count). The van der Waals surface area contributed by atoms with Gasteiger partial charge in [0.15, 0.2) is 9.84 Å². The fraction of sp³-hybridized carbons (Fsp3) is 0.500. The summed E-state index contributed by atoms with van der Waals surface area (Å²) in [5.41, 5.74) is -1.21. The maximum atomic E-state index is 12.7. The predicted octanol–water partition coefficient (Wildman–Crippen LogP) is 2.38. The van der Waals surface area contributed by atoms with Crippen LogP contribution in [-0.2, 0) is 19.4 Å². The van der Waals surface area contributed by atoms with Gasteiger partial charge in [-0.25, -0.2) is 8.42 Å². The highest BCUT2D eigenvalue weighted by Gasteiger charge is 2.53. The molecule has 0 radical (unpaired) electrons. The summed E-state index contributed by atoms with van der Waals surface area (Å²) < 4.78 is 30.6. The third-order valence-electron chi connectivity index (χ3n) is 4.19. The van der Waals surface area contributed by atoms with Gasteiger partial charge >= 0.3 is 5.97 Å². The number of benzene rings is 1. The van der Waals surface area contributed by atoms with Gasteiger partial charge in [-0.3, -0.25) is 4.79 Å². The van der Waals surface area contributed by atoms with Gasteiger partial charge in [0.05, 0.1) is 26.7 Å². The number of carbonyl (C=O) groups is 1. The minimum atomic E-state index is -3.69. The van der Waals surface area contributed by atoms with E-state index in [1.165, 1.54) is 26.2 Å². The summed E-state index contributed by atoms with van der Waals surface area (Å²) in [6.45, 7) is 1.52. The Morgan fingerprint density at radius 3 is 2.52 bits per heavy atom. The second-order valence-electron chi connectivity index (χ2n) is 5.48. The highest BCUT2D eigenvalue weighted by molar-refractivity contribution is 7.92. The summed E-state index contributed by atoms with van der Waals surface area (Å²) in [4.78, 5) is 11.5. The Morgan fingerprint density at radius 2 is 2.05 bits per heavy atom. The largest absolute Gasteiger partial charge is 0.481 e. The van der Waals surface area contributed by atoms with E-state index < -0.39 is 32.6 Å². The molecular weight excluding hydrogens is 316 g/mol. The first kappa shape index (κ1) is 16.3. The average molecular weight is 333 g/mol. The van der Waals surface area contributed by atoms with Crippen molar-refractivity contribution < 1.29 is 23.1 Å². The van der Waals surface area contributed by atoms with Gasteiger partial charge in [-0.1, -0.05) is 23.7 Å². The monoisotopic (exact) mass is 332 g/mol. The van der Waals surface area contributed by atoms with E-state index >= 15 is 0 Å². The van der Waals surface area contributed by atoms with Crippen LogP contribution >= 0.6 is 11.6 Å². The Bertz CT molecular complexity index is 657. The first-order valence-electron chi connectivity index (χ1n) is 6.48. The predicted molar refractivity (Wildman–Crippen MR) is 78.2 cm³/mol. The fourth-order valence-corrected chi connectivity index (χ4v) is 5.28. The van der Waals surface area contributed by atoms with Crippen molar-refractivity contribution in [3.63, 3.8) is 0 Å². The van der Waals surface area contributed by atoms with Gasteiger partial charge in [0.1, 0.15) is 0 Å². The van der Waals surface area contributed by atoms with Crippen LogP contribution in [0.5, 0.6) is 0 Å². The normalized spacial score (nSPS) is 29.5. The molecule has 1 aromatic rings. The number of ether oxygens (including phenoxy) is 1. The SMILES string of the molecule is CO[C@@H]1C[C@@H](S(=O)(=O)c2ccccc2Cl)C[C@@]1(C)C(=O)O. The molecular formula is C14H17ClO5S. The molecule has 0 heterocycles. The van der Waals surface area contributed by atoms with E-state index in [0.717, 1.165) is 0 Å². The molecule has 0 unspecified atom stereocenters. The van der Waals surface area contributed by atoms with Gasteiger partial charge in [-0.05, 0) is 31.9 Å². The van der Waals surface area contributed by atoms with E-state index in [1.807, 2.05) is 0 Å². The summed E-state index contributed by atoms with van der Waals surface area (Å²) in [6.07, 6.45) is -0.487. The maximum absolute atomic E-state index is 12.7. The third kappa shape index (κ3) is 2.67. The van der Waals surface area contributed by atoms with Crippen LogP contribution < -0.4 is 0 Å². The van der Waals surface area contributed by atoms with Gasteiger partial charge in [0, 0.05) is 7.11 Å². The van der Waals surface area contributed by atoms with E-state index in [2.05, 4.69) is 0 Å². The lowest BCUT2D eigenvalue weighted by Crippen LogP contribution is -2.36.